The van der Waals surface area contributed by atoms with Crippen LogP contribution < -0.4 is 4.90 Å². The van der Waals surface area contributed by atoms with Gasteiger partial charge < -0.3 is 10.0 Å². The Morgan fingerprint density at radius 1 is 1.35 bits per heavy atom. The molecule has 0 saturated carbocycles. The largest absolute Gasteiger partial charge is 0.478 e. The minimum absolute atomic E-state index is 0.218. The molecule has 2 unspecified atom stereocenters. The van der Waals surface area contributed by atoms with E-state index in [4.69, 9.17) is 11.6 Å². The molecule has 0 aliphatic carbocycles. The molecular weight excluding hydrogens is 238 g/mol. The van der Waals surface area contributed by atoms with Crippen LogP contribution in [0.1, 0.15) is 24.2 Å². The number of anilines is 1. The standard InChI is InChI=1S/C13H16ClNO2/c1-8-6-15(7-9(8)2)11-5-3-4-10(14)12(11)13(16)17/h3-5,8-9H,6-7H2,1-2H3,(H,16,17). The first-order valence-corrected chi connectivity index (χ1v) is 6.15. The first kappa shape index (κ1) is 12.2. The van der Waals surface area contributed by atoms with E-state index in [0.717, 1.165) is 18.8 Å². The summed E-state index contributed by atoms with van der Waals surface area (Å²) in [5.74, 6) is 0.198. The number of carboxylic acids is 1. The van der Waals surface area contributed by atoms with Gasteiger partial charge in [-0.1, -0.05) is 31.5 Å². The van der Waals surface area contributed by atoms with Crippen LogP contribution in [0.25, 0.3) is 0 Å². The van der Waals surface area contributed by atoms with Gasteiger partial charge in [-0.05, 0) is 24.0 Å². The Hall–Kier alpha value is -1.22. The first-order chi connectivity index (χ1) is 8.00. The molecule has 92 valence electrons. The van der Waals surface area contributed by atoms with Gasteiger partial charge in [0.1, 0.15) is 5.56 Å². The highest BCUT2D eigenvalue weighted by Gasteiger charge is 2.29. The zero-order valence-electron chi connectivity index (χ0n) is 9.98. The molecule has 0 radical (unpaired) electrons. The Balaban J connectivity index is 2.39. The summed E-state index contributed by atoms with van der Waals surface area (Å²) in [6.45, 7) is 6.16. The summed E-state index contributed by atoms with van der Waals surface area (Å²) >= 11 is 5.97. The average Bonchev–Trinajstić information content (AvgIpc) is 2.58. The molecule has 1 aliphatic rings. The van der Waals surface area contributed by atoms with Crippen molar-refractivity contribution in [1.29, 1.82) is 0 Å². The minimum Gasteiger partial charge on any atom is -0.478 e. The predicted molar refractivity (Wildman–Crippen MR) is 69.0 cm³/mol. The van der Waals surface area contributed by atoms with Crippen LogP contribution in [0, 0.1) is 11.8 Å². The van der Waals surface area contributed by atoms with E-state index in [1.807, 2.05) is 6.07 Å². The van der Waals surface area contributed by atoms with E-state index >= 15 is 0 Å². The molecule has 1 fully saturated rings. The maximum absolute atomic E-state index is 11.3. The lowest BCUT2D eigenvalue weighted by molar-refractivity contribution is 0.0697. The van der Waals surface area contributed by atoms with Crippen molar-refractivity contribution in [3.63, 3.8) is 0 Å². The number of carbonyl (C=O) groups is 1. The smallest absolute Gasteiger partial charge is 0.339 e. The molecule has 1 N–H and O–H groups in total. The second-order valence-electron chi connectivity index (χ2n) is 4.80. The monoisotopic (exact) mass is 253 g/mol. The Labute approximate surface area is 106 Å². The van der Waals surface area contributed by atoms with Gasteiger partial charge in [-0.2, -0.15) is 0 Å². The highest BCUT2D eigenvalue weighted by atomic mass is 35.5. The Morgan fingerprint density at radius 2 is 1.94 bits per heavy atom. The van der Waals surface area contributed by atoms with Crippen molar-refractivity contribution in [2.24, 2.45) is 11.8 Å². The average molecular weight is 254 g/mol. The summed E-state index contributed by atoms with van der Waals surface area (Å²) in [7, 11) is 0. The molecule has 0 amide bonds. The lowest BCUT2D eigenvalue weighted by Crippen LogP contribution is -2.22. The fourth-order valence-corrected chi connectivity index (χ4v) is 2.56. The maximum Gasteiger partial charge on any atom is 0.339 e. The molecule has 1 aliphatic heterocycles. The van der Waals surface area contributed by atoms with Crippen molar-refractivity contribution in [2.45, 2.75) is 13.8 Å². The van der Waals surface area contributed by atoms with Gasteiger partial charge in [0.05, 0.1) is 10.7 Å². The van der Waals surface area contributed by atoms with Crippen LogP contribution in [0.15, 0.2) is 18.2 Å². The van der Waals surface area contributed by atoms with Crippen LogP contribution >= 0.6 is 11.6 Å². The molecule has 1 heterocycles. The summed E-state index contributed by atoms with van der Waals surface area (Å²) in [5.41, 5.74) is 0.955. The normalized spacial score (nSPS) is 24.1. The predicted octanol–water partition coefficient (Wildman–Crippen LogP) is 3.13. The summed E-state index contributed by atoms with van der Waals surface area (Å²) < 4.78 is 0. The van der Waals surface area contributed by atoms with E-state index in [-0.39, 0.29) is 5.56 Å². The van der Waals surface area contributed by atoms with Crippen molar-refractivity contribution in [3.8, 4) is 0 Å². The van der Waals surface area contributed by atoms with E-state index in [0.29, 0.717) is 16.9 Å². The molecule has 0 bridgehead atoms. The van der Waals surface area contributed by atoms with Crippen LogP contribution in [0.5, 0.6) is 0 Å². The fraction of sp³-hybridized carbons (Fsp3) is 0.462. The van der Waals surface area contributed by atoms with Crippen molar-refractivity contribution in [1.82, 2.24) is 0 Å². The van der Waals surface area contributed by atoms with Gasteiger partial charge in [-0.25, -0.2) is 4.79 Å². The number of rotatable bonds is 2. The first-order valence-electron chi connectivity index (χ1n) is 5.77. The van der Waals surface area contributed by atoms with Gasteiger partial charge in [-0.15, -0.1) is 0 Å². The van der Waals surface area contributed by atoms with Gasteiger partial charge in [-0.3, -0.25) is 0 Å². The quantitative estimate of drug-likeness (QED) is 0.880. The number of aromatic carboxylic acids is 1. The van der Waals surface area contributed by atoms with Gasteiger partial charge in [0.15, 0.2) is 0 Å². The third kappa shape index (κ3) is 2.25. The van der Waals surface area contributed by atoms with Gasteiger partial charge in [0.25, 0.3) is 0 Å². The number of carboxylic acid groups (broad SMARTS) is 1. The molecule has 0 spiro atoms. The zero-order valence-corrected chi connectivity index (χ0v) is 10.7. The van der Waals surface area contributed by atoms with Crippen molar-refractivity contribution in [3.05, 3.63) is 28.8 Å². The molecule has 1 aromatic rings. The molecule has 2 rings (SSSR count). The summed E-state index contributed by atoms with van der Waals surface area (Å²) in [5, 5.41) is 9.54. The van der Waals surface area contributed by atoms with E-state index in [1.54, 1.807) is 12.1 Å². The third-order valence-corrected chi connectivity index (χ3v) is 3.85. The lowest BCUT2D eigenvalue weighted by atomic mass is 10.0. The van der Waals surface area contributed by atoms with E-state index in [2.05, 4.69) is 18.7 Å². The number of hydrogen-bond acceptors (Lipinski definition) is 2. The number of hydrogen-bond donors (Lipinski definition) is 1. The minimum atomic E-state index is -0.960. The second-order valence-corrected chi connectivity index (χ2v) is 5.21. The zero-order chi connectivity index (χ0) is 12.6. The van der Waals surface area contributed by atoms with Crippen LogP contribution in [0.2, 0.25) is 5.02 Å². The van der Waals surface area contributed by atoms with Crippen LogP contribution in [-0.2, 0) is 0 Å². The summed E-state index contributed by atoms with van der Waals surface area (Å²) in [4.78, 5) is 13.4. The number of halogens is 1. The van der Waals surface area contributed by atoms with Gasteiger partial charge >= 0.3 is 5.97 Å². The third-order valence-electron chi connectivity index (χ3n) is 3.53. The molecule has 0 aromatic heterocycles. The fourth-order valence-electron chi connectivity index (χ4n) is 2.31. The van der Waals surface area contributed by atoms with E-state index < -0.39 is 5.97 Å². The molecule has 1 saturated heterocycles. The van der Waals surface area contributed by atoms with Crippen molar-refractivity contribution >= 4 is 23.3 Å². The molecule has 2 atom stereocenters. The molecule has 17 heavy (non-hydrogen) atoms. The van der Waals surface area contributed by atoms with Gasteiger partial charge in [0.2, 0.25) is 0 Å². The van der Waals surface area contributed by atoms with Crippen LogP contribution in [0.3, 0.4) is 0 Å². The summed E-state index contributed by atoms with van der Waals surface area (Å²) in [6, 6.07) is 5.26. The van der Waals surface area contributed by atoms with Crippen molar-refractivity contribution < 1.29 is 9.90 Å². The second kappa shape index (κ2) is 4.57. The van der Waals surface area contributed by atoms with Gasteiger partial charge in [0, 0.05) is 13.1 Å². The SMILES string of the molecule is CC1CN(c2cccc(Cl)c2C(=O)O)CC1C. The molecule has 4 heteroatoms. The molecular formula is C13H16ClNO2. The summed E-state index contributed by atoms with van der Waals surface area (Å²) in [6.07, 6.45) is 0. The Bertz CT molecular complexity index is 437. The van der Waals surface area contributed by atoms with Crippen LogP contribution in [0.4, 0.5) is 5.69 Å². The Kier molecular flexibility index (Phi) is 3.29. The maximum atomic E-state index is 11.3. The Morgan fingerprint density at radius 3 is 2.47 bits per heavy atom. The molecule has 1 aromatic carbocycles. The van der Waals surface area contributed by atoms with Crippen LogP contribution in [-0.4, -0.2) is 24.2 Å². The topological polar surface area (TPSA) is 40.5 Å². The van der Waals surface area contributed by atoms with E-state index in [1.165, 1.54) is 0 Å². The number of nitrogens with zero attached hydrogens (tertiary/aromatic N) is 1. The highest BCUT2D eigenvalue weighted by molar-refractivity contribution is 6.34. The van der Waals surface area contributed by atoms with Crippen molar-refractivity contribution in [2.75, 3.05) is 18.0 Å². The highest BCUT2D eigenvalue weighted by Crippen LogP contribution is 2.33. The lowest BCUT2D eigenvalue weighted by Gasteiger charge is -2.21. The number of benzene rings is 1. The molecule has 3 nitrogen and oxygen atoms in total. The van der Waals surface area contributed by atoms with E-state index in [9.17, 15) is 9.90 Å².